The molecule has 2 rings (SSSR count). The summed E-state index contributed by atoms with van der Waals surface area (Å²) in [4.78, 5) is 25.1. The number of hydrogen-bond donors (Lipinski definition) is 0. The molecule has 1 fully saturated rings. The van der Waals surface area contributed by atoms with Crippen LogP contribution in [0.1, 0.15) is 20.8 Å². The van der Waals surface area contributed by atoms with Gasteiger partial charge in [0.25, 0.3) is 5.91 Å². The Bertz CT molecular complexity index is 467. The highest BCUT2D eigenvalue weighted by Gasteiger charge is 2.48. The predicted molar refractivity (Wildman–Crippen MR) is 68.1 cm³/mol. The summed E-state index contributed by atoms with van der Waals surface area (Å²) in [6.45, 7) is 5.74. The number of esters is 1. The Balaban J connectivity index is 2.28. The van der Waals surface area contributed by atoms with E-state index < -0.39 is 12.1 Å². The van der Waals surface area contributed by atoms with Crippen molar-refractivity contribution in [3.8, 4) is 0 Å². The quantitative estimate of drug-likeness (QED) is 0.751. The third-order valence-corrected chi connectivity index (χ3v) is 3.12. The predicted octanol–water partition coefficient (Wildman–Crippen LogP) is 1.99. The van der Waals surface area contributed by atoms with Gasteiger partial charge in [-0.2, -0.15) is 0 Å². The van der Waals surface area contributed by atoms with Gasteiger partial charge >= 0.3 is 5.97 Å². The summed E-state index contributed by atoms with van der Waals surface area (Å²) in [5, 5.41) is 0. The van der Waals surface area contributed by atoms with E-state index in [1.165, 1.54) is 6.92 Å². The first kappa shape index (κ1) is 12.6. The summed E-state index contributed by atoms with van der Waals surface area (Å²) in [5.41, 5.74) is 0.462. The van der Waals surface area contributed by atoms with Gasteiger partial charge in [-0.25, -0.2) is 0 Å². The molecule has 1 aliphatic rings. The Morgan fingerprint density at radius 2 is 1.94 bits per heavy atom. The van der Waals surface area contributed by atoms with Crippen molar-refractivity contribution in [2.75, 3.05) is 11.4 Å². The van der Waals surface area contributed by atoms with Gasteiger partial charge in [-0.3, -0.25) is 9.59 Å². The molecule has 1 aliphatic heterocycles. The SMILES string of the molecule is CC(=O)OC1C(=O)N(c2ccccc2)CC1(C)C. The van der Waals surface area contributed by atoms with Crippen LogP contribution >= 0.6 is 0 Å². The van der Waals surface area contributed by atoms with Gasteiger partial charge in [0, 0.05) is 24.6 Å². The highest BCUT2D eigenvalue weighted by Crippen LogP contribution is 2.35. The molecule has 0 saturated carbocycles. The van der Waals surface area contributed by atoms with Gasteiger partial charge < -0.3 is 9.64 Å². The van der Waals surface area contributed by atoms with Crippen molar-refractivity contribution in [3.63, 3.8) is 0 Å². The van der Waals surface area contributed by atoms with Crippen molar-refractivity contribution in [1.82, 2.24) is 0 Å². The van der Waals surface area contributed by atoms with Crippen molar-refractivity contribution < 1.29 is 14.3 Å². The van der Waals surface area contributed by atoms with Gasteiger partial charge in [0.05, 0.1) is 0 Å². The lowest BCUT2D eigenvalue weighted by Crippen LogP contribution is -2.35. The van der Waals surface area contributed by atoms with Crippen molar-refractivity contribution in [2.24, 2.45) is 5.41 Å². The number of ether oxygens (including phenoxy) is 1. The molecular formula is C14H17NO3. The lowest BCUT2D eigenvalue weighted by atomic mass is 9.89. The Kier molecular flexibility index (Phi) is 3.11. The van der Waals surface area contributed by atoms with E-state index in [0.29, 0.717) is 6.54 Å². The van der Waals surface area contributed by atoms with Crippen molar-refractivity contribution >= 4 is 17.6 Å². The zero-order valence-corrected chi connectivity index (χ0v) is 10.8. The lowest BCUT2D eigenvalue weighted by Gasteiger charge is -2.22. The van der Waals surface area contributed by atoms with Crippen LogP contribution in [0.25, 0.3) is 0 Å². The number of hydrogen-bond acceptors (Lipinski definition) is 3. The van der Waals surface area contributed by atoms with Crippen LogP contribution in [0, 0.1) is 5.41 Å². The molecule has 4 heteroatoms. The minimum Gasteiger partial charge on any atom is -0.452 e. The third kappa shape index (κ3) is 2.23. The van der Waals surface area contributed by atoms with E-state index in [2.05, 4.69) is 0 Å². The van der Waals surface area contributed by atoms with Crippen LogP contribution in [0.4, 0.5) is 5.69 Å². The molecule has 1 atom stereocenters. The average molecular weight is 247 g/mol. The molecule has 18 heavy (non-hydrogen) atoms. The maximum atomic E-state index is 12.3. The number of carbonyl (C=O) groups is 2. The van der Waals surface area contributed by atoms with Gasteiger partial charge in [0.15, 0.2) is 6.10 Å². The molecule has 1 heterocycles. The van der Waals surface area contributed by atoms with E-state index in [1.54, 1.807) is 4.90 Å². The average Bonchev–Trinajstić information content (AvgIpc) is 2.53. The van der Waals surface area contributed by atoms with Crippen LogP contribution in [-0.2, 0) is 14.3 Å². The topological polar surface area (TPSA) is 46.6 Å². The largest absolute Gasteiger partial charge is 0.452 e. The van der Waals surface area contributed by atoms with Gasteiger partial charge in [-0.1, -0.05) is 32.0 Å². The minimum atomic E-state index is -0.699. The van der Waals surface area contributed by atoms with Gasteiger partial charge in [0.2, 0.25) is 0 Å². The van der Waals surface area contributed by atoms with Crippen LogP contribution in [0.3, 0.4) is 0 Å². The first-order valence-electron chi connectivity index (χ1n) is 5.95. The van der Waals surface area contributed by atoms with E-state index in [4.69, 9.17) is 4.74 Å². The molecule has 0 bridgehead atoms. The molecule has 0 radical (unpaired) electrons. The third-order valence-electron chi connectivity index (χ3n) is 3.12. The molecule has 1 aromatic rings. The normalized spacial score (nSPS) is 22.1. The number of para-hydroxylation sites is 1. The van der Waals surface area contributed by atoms with E-state index in [9.17, 15) is 9.59 Å². The number of benzene rings is 1. The molecule has 0 aliphatic carbocycles. The highest BCUT2D eigenvalue weighted by atomic mass is 16.5. The summed E-state index contributed by atoms with van der Waals surface area (Å²) in [7, 11) is 0. The Morgan fingerprint density at radius 1 is 1.33 bits per heavy atom. The van der Waals surface area contributed by atoms with Crippen molar-refractivity contribution in [1.29, 1.82) is 0 Å². The molecule has 1 amide bonds. The van der Waals surface area contributed by atoms with Gasteiger partial charge in [-0.15, -0.1) is 0 Å². The van der Waals surface area contributed by atoms with E-state index in [0.717, 1.165) is 5.69 Å². The summed E-state index contributed by atoms with van der Waals surface area (Å²) in [6.07, 6.45) is -0.699. The maximum absolute atomic E-state index is 12.3. The van der Waals surface area contributed by atoms with Crippen LogP contribution in [0.15, 0.2) is 30.3 Å². The molecule has 0 spiro atoms. The molecule has 4 nitrogen and oxygen atoms in total. The molecule has 1 saturated heterocycles. The molecule has 1 unspecified atom stereocenters. The summed E-state index contributed by atoms with van der Waals surface area (Å²) < 4.78 is 5.16. The number of carbonyl (C=O) groups excluding carboxylic acids is 2. The summed E-state index contributed by atoms with van der Waals surface area (Å²) >= 11 is 0. The molecule has 0 N–H and O–H groups in total. The van der Waals surface area contributed by atoms with Crippen LogP contribution in [0.5, 0.6) is 0 Å². The minimum absolute atomic E-state index is 0.151. The monoisotopic (exact) mass is 247 g/mol. The first-order chi connectivity index (χ1) is 8.42. The van der Waals surface area contributed by atoms with Gasteiger partial charge in [0.1, 0.15) is 0 Å². The smallest absolute Gasteiger partial charge is 0.303 e. The maximum Gasteiger partial charge on any atom is 0.303 e. The standard InChI is InChI=1S/C14H17NO3/c1-10(16)18-12-13(17)15(9-14(12,2)3)11-7-5-4-6-8-11/h4-8,12H,9H2,1-3H3. The fraction of sp³-hybridized carbons (Fsp3) is 0.429. The van der Waals surface area contributed by atoms with Crippen molar-refractivity contribution in [3.05, 3.63) is 30.3 Å². The number of rotatable bonds is 2. The fourth-order valence-electron chi connectivity index (χ4n) is 2.25. The second kappa shape index (κ2) is 4.44. The summed E-state index contributed by atoms with van der Waals surface area (Å²) in [6, 6.07) is 9.43. The van der Waals surface area contributed by atoms with Gasteiger partial charge in [-0.05, 0) is 12.1 Å². The van der Waals surface area contributed by atoms with E-state index in [-0.39, 0.29) is 11.3 Å². The Labute approximate surface area is 107 Å². The molecule has 96 valence electrons. The Morgan fingerprint density at radius 3 is 2.50 bits per heavy atom. The number of anilines is 1. The number of amides is 1. The second-order valence-corrected chi connectivity index (χ2v) is 5.24. The number of nitrogens with zero attached hydrogens (tertiary/aromatic N) is 1. The van der Waals surface area contributed by atoms with E-state index >= 15 is 0 Å². The zero-order chi connectivity index (χ0) is 13.3. The van der Waals surface area contributed by atoms with Crippen molar-refractivity contribution in [2.45, 2.75) is 26.9 Å². The zero-order valence-electron chi connectivity index (χ0n) is 10.8. The Hall–Kier alpha value is -1.84. The lowest BCUT2D eigenvalue weighted by molar-refractivity contribution is -0.156. The van der Waals surface area contributed by atoms with Crippen LogP contribution in [0.2, 0.25) is 0 Å². The van der Waals surface area contributed by atoms with Crippen LogP contribution in [-0.4, -0.2) is 24.5 Å². The second-order valence-electron chi connectivity index (χ2n) is 5.24. The molecular weight excluding hydrogens is 230 g/mol. The highest BCUT2D eigenvalue weighted by molar-refractivity contribution is 6.00. The van der Waals surface area contributed by atoms with Crippen LogP contribution < -0.4 is 4.90 Å². The van der Waals surface area contributed by atoms with E-state index in [1.807, 2.05) is 44.2 Å². The first-order valence-corrected chi connectivity index (χ1v) is 5.95. The summed E-state index contributed by atoms with van der Waals surface area (Å²) in [5.74, 6) is -0.572. The molecule has 1 aromatic carbocycles. The molecule has 0 aromatic heterocycles. The fourth-order valence-corrected chi connectivity index (χ4v) is 2.25.